The van der Waals surface area contributed by atoms with Crippen molar-refractivity contribution in [1.29, 1.82) is 0 Å². The summed E-state index contributed by atoms with van der Waals surface area (Å²) in [6, 6.07) is 10.3. The molecule has 0 aliphatic carbocycles. The number of hydrogen-bond donors (Lipinski definition) is 1. The zero-order valence-electron chi connectivity index (χ0n) is 11.8. The van der Waals surface area contributed by atoms with Gasteiger partial charge in [0.25, 0.3) is 0 Å². The second kappa shape index (κ2) is 7.20. The molecule has 0 saturated carbocycles. The Hall–Kier alpha value is -1.31. The van der Waals surface area contributed by atoms with Gasteiger partial charge in [0.05, 0.1) is 0 Å². The van der Waals surface area contributed by atoms with E-state index in [-0.39, 0.29) is 11.4 Å². The van der Waals surface area contributed by atoms with Crippen molar-refractivity contribution in [2.45, 2.75) is 58.4 Å². The largest absolute Gasteiger partial charge is 0.351 e. The highest BCUT2D eigenvalue weighted by molar-refractivity contribution is 5.76. The van der Waals surface area contributed by atoms with Gasteiger partial charge in [-0.3, -0.25) is 4.79 Å². The summed E-state index contributed by atoms with van der Waals surface area (Å²) in [5, 5.41) is 3.12. The molecule has 1 aromatic rings. The summed E-state index contributed by atoms with van der Waals surface area (Å²) in [6.45, 7) is 6.31. The molecule has 1 aromatic carbocycles. The van der Waals surface area contributed by atoms with Crippen LogP contribution in [-0.4, -0.2) is 11.4 Å². The molecule has 0 radical (unpaired) electrons. The monoisotopic (exact) mass is 247 g/mol. The van der Waals surface area contributed by atoms with Crippen LogP contribution in [0, 0.1) is 0 Å². The molecule has 0 bridgehead atoms. The van der Waals surface area contributed by atoms with Crippen LogP contribution in [0.3, 0.4) is 0 Å². The van der Waals surface area contributed by atoms with E-state index in [1.807, 2.05) is 18.2 Å². The molecule has 1 N–H and O–H groups in total. The van der Waals surface area contributed by atoms with Gasteiger partial charge in [0.1, 0.15) is 0 Å². The fourth-order valence-electron chi connectivity index (χ4n) is 2.13. The average Bonchev–Trinajstić information content (AvgIpc) is 2.29. The molecule has 1 rings (SSSR count). The van der Waals surface area contributed by atoms with Crippen molar-refractivity contribution in [3.8, 4) is 0 Å². The molecule has 0 saturated heterocycles. The molecular formula is C16H25NO. The molecule has 18 heavy (non-hydrogen) atoms. The summed E-state index contributed by atoms with van der Waals surface area (Å²) >= 11 is 0. The fourth-order valence-corrected chi connectivity index (χ4v) is 2.13. The van der Waals surface area contributed by atoms with E-state index in [1.54, 1.807) is 0 Å². The van der Waals surface area contributed by atoms with E-state index in [0.717, 1.165) is 25.7 Å². The van der Waals surface area contributed by atoms with Gasteiger partial charge in [0, 0.05) is 12.0 Å². The van der Waals surface area contributed by atoms with Gasteiger partial charge in [0.15, 0.2) is 0 Å². The van der Waals surface area contributed by atoms with Gasteiger partial charge >= 0.3 is 0 Å². The number of nitrogens with one attached hydrogen (secondary N) is 1. The van der Waals surface area contributed by atoms with E-state index < -0.39 is 0 Å². The van der Waals surface area contributed by atoms with Crippen molar-refractivity contribution in [2.24, 2.45) is 0 Å². The van der Waals surface area contributed by atoms with Crippen LogP contribution in [0.4, 0.5) is 0 Å². The minimum absolute atomic E-state index is 0.171. The summed E-state index contributed by atoms with van der Waals surface area (Å²) in [6.07, 6.45) is 4.79. The van der Waals surface area contributed by atoms with Crippen molar-refractivity contribution in [1.82, 2.24) is 5.32 Å². The highest BCUT2D eigenvalue weighted by Gasteiger charge is 2.20. The normalized spacial score (nSPS) is 11.3. The fraction of sp³-hybridized carbons (Fsp3) is 0.562. The van der Waals surface area contributed by atoms with Crippen LogP contribution in [0.2, 0.25) is 0 Å². The zero-order valence-corrected chi connectivity index (χ0v) is 11.8. The quantitative estimate of drug-likeness (QED) is 0.731. The summed E-state index contributed by atoms with van der Waals surface area (Å²) in [5.41, 5.74) is 1.08. The lowest BCUT2D eigenvalue weighted by Gasteiger charge is -2.26. The van der Waals surface area contributed by atoms with Crippen molar-refractivity contribution in [2.75, 3.05) is 0 Å². The maximum atomic E-state index is 11.8. The lowest BCUT2D eigenvalue weighted by atomic mass is 9.94. The molecule has 0 unspecified atom stereocenters. The van der Waals surface area contributed by atoms with Crippen LogP contribution in [0.15, 0.2) is 30.3 Å². The third kappa shape index (κ3) is 5.85. The Kier molecular flexibility index (Phi) is 5.90. The second-order valence-corrected chi connectivity index (χ2v) is 5.55. The molecule has 0 aliphatic heterocycles. The molecule has 0 aromatic heterocycles. The first-order valence-electron chi connectivity index (χ1n) is 6.88. The molecule has 0 heterocycles. The number of benzene rings is 1. The lowest BCUT2D eigenvalue weighted by Crippen LogP contribution is -2.45. The van der Waals surface area contributed by atoms with Gasteiger partial charge in [-0.25, -0.2) is 0 Å². The van der Waals surface area contributed by atoms with Gasteiger partial charge in [-0.15, -0.1) is 0 Å². The van der Waals surface area contributed by atoms with E-state index in [1.165, 1.54) is 5.56 Å². The van der Waals surface area contributed by atoms with E-state index in [4.69, 9.17) is 0 Å². The predicted octanol–water partition coefficient (Wildman–Crippen LogP) is 3.70. The molecule has 1 amide bonds. The van der Waals surface area contributed by atoms with Gasteiger partial charge < -0.3 is 5.32 Å². The van der Waals surface area contributed by atoms with Crippen molar-refractivity contribution < 1.29 is 4.79 Å². The number of amides is 1. The first-order chi connectivity index (χ1) is 8.53. The summed E-state index contributed by atoms with van der Waals surface area (Å²) < 4.78 is 0. The Bertz CT molecular complexity index is 357. The maximum Gasteiger partial charge on any atom is 0.220 e. The van der Waals surface area contributed by atoms with Crippen LogP contribution >= 0.6 is 0 Å². The minimum Gasteiger partial charge on any atom is -0.351 e. The van der Waals surface area contributed by atoms with E-state index >= 15 is 0 Å². The van der Waals surface area contributed by atoms with Crippen molar-refractivity contribution in [3.63, 3.8) is 0 Å². The number of rotatable bonds is 7. The number of unbranched alkanes of at least 4 members (excludes halogenated alkanes) is 2. The van der Waals surface area contributed by atoms with Gasteiger partial charge in [-0.1, -0.05) is 50.1 Å². The SMILES string of the molecule is CCCCCC(=O)NC(C)(C)Cc1ccccc1. The highest BCUT2D eigenvalue weighted by atomic mass is 16.1. The second-order valence-electron chi connectivity index (χ2n) is 5.55. The first kappa shape index (κ1) is 14.7. The third-order valence-electron chi connectivity index (χ3n) is 2.97. The standard InChI is InChI=1S/C16H25NO/c1-4-5-7-12-15(18)17-16(2,3)13-14-10-8-6-9-11-14/h6,8-11H,4-5,7,12-13H2,1-3H3,(H,17,18). The molecule has 0 spiro atoms. The summed E-state index contributed by atoms with van der Waals surface area (Å²) in [5.74, 6) is 0.171. The minimum atomic E-state index is -0.176. The van der Waals surface area contributed by atoms with E-state index in [9.17, 15) is 4.79 Å². The maximum absolute atomic E-state index is 11.8. The Morgan fingerprint density at radius 2 is 1.83 bits per heavy atom. The zero-order chi connectivity index (χ0) is 13.4. The molecular weight excluding hydrogens is 222 g/mol. The summed E-state index contributed by atoms with van der Waals surface area (Å²) in [4.78, 5) is 11.8. The Balaban J connectivity index is 2.41. The Morgan fingerprint density at radius 3 is 2.44 bits per heavy atom. The van der Waals surface area contributed by atoms with Gasteiger partial charge in [-0.05, 0) is 32.3 Å². The van der Waals surface area contributed by atoms with Crippen LogP contribution in [-0.2, 0) is 11.2 Å². The summed E-state index contributed by atoms with van der Waals surface area (Å²) in [7, 11) is 0. The van der Waals surface area contributed by atoms with Crippen LogP contribution in [0.5, 0.6) is 0 Å². The van der Waals surface area contributed by atoms with Crippen LogP contribution < -0.4 is 5.32 Å². The van der Waals surface area contributed by atoms with Gasteiger partial charge in [0.2, 0.25) is 5.91 Å². The van der Waals surface area contributed by atoms with E-state index in [0.29, 0.717) is 6.42 Å². The molecule has 100 valence electrons. The molecule has 2 nitrogen and oxygen atoms in total. The molecule has 0 atom stereocenters. The lowest BCUT2D eigenvalue weighted by molar-refractivity contribution is -0.122. The number of carbonyl (C=O) groups excluding carboxylic acids is 1. The highest BCUT2D eigenvalue weighted by Crippen LogP contribution is 2.13. The first-order valence-corrected chi connectivity index (χ1v) is 6.88. The molecule has 2 heteroatoms. The number of carbonyl (C=O) groups is 1. The van der Waals surface area contributed by atoms with Gasteiger partial charge in [-0.2, -0.15) is 0 Å². The third-order valence-corrected chi connectivity index (χ3v) is 2.97. The van der Waals surface area contributed by atoms with Crippen molar-refractivity contribution in [3.05, 3.63) is 35.9 Å². The predicted molar refractivity (Wildman–Crippen MR) is 76.5 cm³/mol. The topological polar surface area (TPSA) is 29.1 Å². The smallest absolute Gasteiger partial charge is 0.220 e. The Labute approximate surface area is 111 Å². The van der Waals surface area contributed by atoms with Crippen LogP contribution in [0.25, 0.3) is 0 Å². The van der Waals surface area contributed by atoms with E-state index in [2.05, 4.69) is 38.2 Å². The number of hydrogen-bond acceptors (Lipinski definition) is 1. The molecule has 0 fully saturated rings. The average molecular weight is 247 g/mol. The Morgan fingerprint density at radius 1 is 1.17 bits per heavy atom. The van der Waals surface area contributed by atoms with Crippen molar-refractivity contribution >= 4 is 5.91 Å². The van der Waals surface area contributed by atoms with Crippen LogP contribution in [0.1, 0.15) is 52.0 Å². The molecule has 0 aliphatic rings.